The Morgan fingerprint density at radius 1 is 1.09 bits per heavy atom. The number of rotatable bonds is 18. The van der Waals surface area contributed by atoms with E-state index in [-0.39, 0.29) is 31.0 Å². The molecule has 0 radical (unpaired) electrons. The van der Waals surface area contributed by atoms with Crippen LogP contribution in [0.15, 0.2) is 36.8 Å². The van der Waals surface area contributed by atoms with Gasteiger partial charge in [0.1, 0.15) is 12.1 Å². The van der Waals surface area contributed by atoms with E-state index in [9.17, 15) is 24.6 Å². The number of aliphatic hydroxyl groups is 1. The van der Waals surface area contributed by atoms with Crippen LogP contribution in [-0.2, 0) is 20.8 Å². The van der Waals surface area contributed by atoms with Gasteiger partial charge in [-0.15, -0.1) is 0 Å². The summed E-state index contributed by atoms with van der Waals surface area (Å²) >= 11 is 0. The summed E-state index contributed by atoms with van der Waals surface area (Å²) in [6.07, 6.45) is 16.9. The highest BCUT2D eigenvalue weighted by Gasteiger charge is 2.20. The van der Waals surface area contributed by atoms with Crippen molar-refractivity contribution in [3.63, 3.8) is 0 Å². The summed E-state index contributed by atoms with van der Waals surface area (Å²) < 4.78 is 0. The molecule has 1 unspecified atom stereocenters. The van der Waals surface area contributed by atoms with E-state index in [1.54, 1.807) is 6.08 Å². The molecule has 0 saturated carbocycles. The number of nitrogens with zero attached hydrogens (tertiary/aromatic N) is 1. The van der Waals surface area contributed by atoms with Gasteiger partial charge in [-0.05, 0) is 25.7 Å². The topological polar surface area (TPSA) is 132 Å². The number of imidazole rings is 1. The van der Waals surface area contributed by atoms with Gasteiger partial charge in [0.2, 0.25) is 5.91 Å². The summed E-state index contributed by atoms with van der Waals surface area (Å²) in [5.41, 5.74) is 0.651. The lowest BCUT2D eigenvalue weighted by Crippen LogP contribution is -2.42. The number of amides is 1. The third-order valence-electron chi connectivity index (χ3n) is 5.03. The zero-order chi connectivity index (χ0) is 23.6. The van der Waals surface area contributed by atoms with Crippen LogP contribution in [0.1, 0.15) is 76.8 Å². The number of aromatic nitrogens is 2. The van der Waals surface area contributed by atoms with Gasteiger partial charge in [-0.3, -0.25) is 9.59 Å². The van der Waals surface area contributed by atoms with Gasteiger partial charge in [-0.1, -0.05) is 56.9 Å². The van der Waals surface area contributed by atoms with Crippen LogP contribution in [0.4, 0.5) is 0 Å². The monoisotopic (exact) mass is 447 g/mol. The van der Waals surface area contributed by atoms with Crippen molar-refractivity contribution in [2.45, 2.75) is 89.7 Å². The third-order valence-corrected chi connectivity index (χ3v) is 5.03. The number of carboxylic acids is 1. The number of unbranched alkanes of at least 4 members (excludes halogenated alkanes) is 4. The molecule has 8 heteroatoms. The van der Waals surface area contributed by atoms with E-state index in [0.717, 1.165) is 38.5 Å². The Hall–Kier alpha value is -2.74. The van der Waals surface area contributed by atoms with E-state index in [1.807, 2.05) is 12.2 Å². The first-order valence-electron chi connectivity index (χ1n) is 11.4. The van der Waals surface area contributed by atoms with Gasteiger partial charge in [0.05, 0.1) is 6.33 Å². The minimum atomic E-state index is -1.08. The number of Topliss-reactive ketones (excluding diaryl/α,β-unsaturated/α-hetero) is 1. The standard InChI is InChI=1S/C24H37N3O5/c1-2-3-4-5-7-10-13-21(28)22(29)14-11-8-6-9-12-15-23(30)27-20(24(31)32)16-19-17-25-18-26-19/h3-4,7,10,17-18,20,22,29H,2,5-6,8-9,11-16H2,1H3,(H,25,26)(H,27,30)(H,31,32)/b4-3-,10-7-/t20-,22?/m0/s1. The van der Waals surface area contributed by atoms with Gasteiger partial charge in [0, 0.05) is 31.2 Å². The van der Waals surface area contributed by atoms with Crippen LogP contribution in [0.5, 0.6) is 0 Å². The average molecular weight is 448 g/mol. The van der Waals surface area contributed by atoms with Crippen LogP contribution in [0, 0.1) is 0 Å². The number of aromatic amines is 1. The molecular formula is C24H37N3O5. The van der Waals surface area contributed by atoms with Crippen molar-refractivity contribution in [3.05, 3.63) is 42.5 Å². The SMILES string of the molecule is CC/C=C\C/C=C\CC(=O)C(O)CCCCCCCC(=O)N[C@@H](Cc1cnc[nH]1)C(=O)O. The Morgan fingerprint density at radius 3 is 2.50 bits per heavy atom. The maximum absolute atomic E-state index is 12.0. The second-order valence-electron chi connectivity index (χ2n) is 7.82. The van der Waals surface area contributed by atoms with Crippen molar-refractivity contribution in [2.75, 3.05) is 0 Å². The number of H-pyrrole nitrogens is 1. The molecule has 1 heterocycles. The van der Waals surface area contributed by atoms with Crippen molar-refractivity contribution >= 4 is 17.7 Å². The van der Waals surface area contributed by atoms with Crippen LogP contribution in [0.2, 0.25) is 0 Å². The molecule has 1 aromatic heterocycles. The van der Waals surface area contributed by atoms with E-state index >= 15 is 0 Å². The van der Waals surface area contributed by atoms with E-state index < -0.39 is 18.1 Å². The molecule has 0 fully saturated rings. The van der Waals surface area contributed by atoms with Crippen LogP contribution in [-0.4, -0.2) is 50.0 Å². The fraction of sp³-hybridized carbons (Fsp3) is 0.583. The molecule has 1 aromatic rings. The van der Waals surface area contributed by atoms with Crippen molar-refractivity contribution in [3.8, 4) is 0 Å². The highest BCUT2D eigenvalue weighted by Crippen LogP contribution is 2.11. The minimum Gasteiger partial charge on any atom is -0.480 e. The number of hydrogen-bond acceptors (Lipinski definition) is 5. The number of carbonyl (C=O) groups is 3. The quantitative estimate of drug-likeness (QED) is 0.201. The highest BCUT2D eigenvalue weighted by atomic mass is 16.4. The Morgan fingerprint density at radius 2 is 1.81 bits per heavy atom. The van der Waals surface area contributed by atoms with Crippen LogP contribution in [0.3, 0.4) is 0 Å². The largest absolute Gasteiger partial charge is 0.480 e. The minimum absolute atomic E-state index is 0.152. The predicted octanol–water partition coefficient (Wildman–Crippen LogP) is 3.48. The lowest BCUT2D eigenvalue weighted by atomic mass is 10.0. The number of carboxylic acid groups (broad SMARTS) is 1. The first-order chi connectivity index (χ1) is 15.4. The molecule has 0 aliphatic carbocycles. The van der Waals surface area contributed by atoms with E-state index in [1.165, 1.54) is 12.5 Å². The van der Waals surface area contributed by atoms with Gasteiger partial charge in [0.25, 0.3) is 0 Å². The third kappa shape index (κ3) is 12.8. The Balaban J connectivity index is 2.09. The van der Waals surface area contributed by atoms with Gasteiger partial charge in [0.15, 0.2) is 5.78 Å². The summed E-state index contributed by atoms with van der Waals surface area (Å²) in [7, 11) is 0. The van der Waals surface area contributed by atoms with Crippen molar-refractivity contribution in [2.24, 2.45) is 0 Å². The second kappa shape index (κ2) is 16.9. The normalized spacial score (nSPS) is 13.4. The van der Waals surface area contributed by atoms with Gasteiger partial charge < -0.3 is 20.5 Å². The fourth-order valence-electron chi connectivity index (χ4n) is 3.17. The first-order valence-corrected chi connectivity index (χ1v) is 11.4. The number of allylic oxidation sites excluding steroid dienone is 4. The molecule has 2 atom stereocenters. The van der Waals surface area contributed by atoms with E-state index in [0.29, 0.717) is 18.5 Å². The predicted molar refractivity (Wildman–Crippen MR) is 123 cm³/mol. The van der Waals surface area contributed by atoms with E-state index in [4.69, 9.17) is 0 Å². The molecule has 0 saturated heterocycles. The molecule has 1 amide bonds. The highest BCUT2D eigenvalue weighted by molar-refractivity contribution is 5.84. The van der Waals surface area contributed by atoms with Gasteiger partial charge in [-0.25, -0.2) is 9.78 Å². The fourth-order valence-corrected chi connectivity index (χ4v) is 3.17. The number of nitrogens with one attached hydrogen (secondary N) is 2. The number of carbonyl (C=O) groups excluding carboxylic acids is 2. The maximum atomic E-state index is 12.0. The van der Waals surface area contributed by atoms with Crippen LogP contribution >= 0.6 is 0 Å². The molecule has 8 nitrogen and oxygen atoms in total. The first kappa shape index (κ1) is 27.3. The molecule has 0 bridgehead atoms. The zero-order valence-corrected chi connectivity index (χ0v) is 19.0. The molecule has 32 heavy (non-hydrogen) atoms. The smallest absolute Gasteiger partial charge is 0.326 e. The van der Waals surface area contributed by atoms with Crippen LogP contribution < -0.4 is 5.32 Å². The molecular weight excluding hydrogens is 410 g/mol. The maximum Gasteiger partial charge on any atom is 0.326 e. The molecule has 0 aromatic carbocycles. The summed E-state index contributed by atoms with van der Waals surface area (Å²) in [4.78, 5) is 41.9. The lowest BCUT2D eigenvalue weighted by Gasteiger charge is -2.13. The van der Waals surface area contributed by atoms with Crippen LogP contribution in [0.25, 0.3) is 0 Å². The molecule has 1 rings (SSSR count). The van der Waals surface area contributed by atoms with Crippen molar-refractivity contribution < 1.29 is 24.6 Å². The number of ketones is 1. The van der Waals surface area contributed by atoms with Crippen molar-refractivity contribution in [1.29, 1.82) is 0 Å². The Labute approximate surface area is 190 Å². The molecule has 178 valence electrons. The summed E-state index contributed by atoms with van der Waals surface area (Å²) in [5, 5.41) is 21.8. The number of aliphatic carboxylic acids is 1. The van der Waals surface area contributed by atoms with Gasteiger partial charge in [-0.2, -0.15) is 0 Å². The van der Waals surface area contributed by atoms with E-state index in [2.05, 4.69) is 28.3 Å². The Kier molecular flexibility index (Phi) is 14.4. The molecule has 4 N–H and O–H groups in total. The summed E-state index contributed by atoms with van der Waals surface area (Å²) in [6.45, 7) is 2.07. The zero-order valence-electron chi connectivity index (χ0n) is 19.0. The Bertz CT molecular complexity index is 728. The molecule has 0 aliphatic rings. The molecule has 0 spiro atoms. The number of aliphatic hydroxyl groups excluding tert-OH is 1. The van der Waals surface area contributed by atoms with Crippen molar-refractivity contribution in [1.82, 2.24) is 15.3 Å². The summed E-state index contributed by atoms with van der Waals surface area (Å²) in [5.74, 6) is -1.51. The summed E-state index contributed by atoms with van der Waals surface area (Å²) in [6, 6.07) is -0.982. The number of hydrogen-bond donors (Lipinski definition) is 4. The second-order valence-corrected chi connectivity index (χ2v) is 7.82. The average Bonchev–Trinajstić information content (AvgIpc) is 3.27. The molecule has 0 aliphatic heterocycles. The lowest BCUT2D eigenvalue weighted by molar-refractivity contribution is -0.141. The van der Waals surface area contributed by atoms with Gasteiger partial charge >= 0.3 is 5.97 Å².